The molecule has 0 bridgehead atoms. The lowest BCUT2D eigenvalue weighted by atomic mass is 10.2. The molecule has 1 heterocycles. The molecule has 0 aliphatic carbocycles. The number of nitrogens with zero attached hydrogens (tertiary/aromatic N) is 3. The van der Waals surface area contributed by atoms with Crippen molar-refractivity contribution >= 4 is 23.5 Å². The second-order valence-electron chi connectivity index (χ2n) is 6.90. The number of carbonyl (C=O) groups is 2. The van der Waals surface area contributed by atoms with E-state index in [1.54, 1.807) is 19.0 Å². The molecule has 27 heavy (non-hydrogen) atoms. The molecule has 0 unspecified atom stereocenters. The molecule has 2 amide bonds. The van der Waals surface area contributed by atoms with Crippen molar-refractivity contribution in [3.63, 3.8) is 0 Å². The van der Waals surface area contributed by atoms with E-state index < -0.39 is 0 Å². The molecular formula is C20H31N5O2. The van der Waals surface area contributed by atoms with Crippen LogP contribution in [-0.4, -0.2) is 56.4 Å². The highest BCUT2D eigenvalue weighted by molar-refractivity contribution is 5.95. The van der Waals surface area contributed by atoms with Crippen molar-refractivity contribution < 1.29 is 9.59 Å². The van der Waals surface area contributed by atoms with Gasteiger partial charge in [-0.1, -0.05) is 25.5 Å². The van der Waals surface area contributed by atoms with Gasteiger partial charge in [0.1, 0.15) is 0 Å². The van der Waals surface area contributed by atoms with Gasteiger partial charge in [-0.2, -0.15) is 0 Å². The van der Waals surface area contributed by atoms with Crippen molar-refractivity contribution in [1.82, 2.24) is 15.5 Å². The van der Waals surface area contributed by atoms with Gasteiger partial charge in [0.25, 0.3) is 0 Å². The highest BCUT2D eigenvalue weighted by Crippen LogP contribution is 2.21. The van der Waals surface area contributed by atoms with E-state index in [2.05, 4.69) is 22.5 Å². The number of nitrogens with one attached hydrogen (secondary N) is 2. The van der Waals surface area contributed by atoms with E-state index in [-0.39, 0.29) is 18.4 Å². The van der Waals surface area contributed by atoms with E-state index in [9.17, 15) is 9.59 Å². The Morgan fingerprint density at radius 2 is 1.96 bits per heavy atom. The Balaban J connectivity index is 1.96. The number of benzene rings is 1. The first kappa shape index (κ1) is 20.7. The Hall–Kier alpha value is -2.57. The van der Waals surface area contributed by atoms with Crippen LogP contribution in [0.25, 0.3) is 0 Å². The van der Waals surface area contributed by atoms with E-state index in [4.69, 9.17) is 0 Å². The van der Waals surface area contributed by atoms with E-state index in [1.807, 2.05) is 29.2 Å². The van der Waals surface area contributed by atoms with Crippen LogP contribution >= 0.6 is 0 Å². The minimum absolute atomic E-state index is 0.000347. The van der Waals surface area contributed by atoms with Crippen LogP contribution in [0.1, 0.15) is 38.2 Å². The van der Waals surface area contributed by atoms with Crippen molar-refractivity contribution in [3.05, 3.63) is 29.8 Å². The molecule has 1 aliphatic rings. The number of anilines is 1. The first-order valence-corrected chi connectivity index (χ1v) is 9.63. The Bertz CT molecular complexity index is 655. The van der Waals surface area contributed by atoms with Gasteiger partial charge in [0.05, 0.1) is 13.1 Å². The maximum Gasteiger partial charge on any atom is 0.241 e. The van der Waals surface area contributed by atoms with Crippen LogP contribution in [0.5, 0.6) is 0 Å². The molecule has 1 aromatic carbocycles. The molecule has 0 spiro atoms. The lowest BCUT2D eigenvalue weighted by Gasteiger charge is -2.16. The third-order valence-electron chi connectivity index (χ3n) is 4.47. The third kappa shape index (κ3) is 6.58. The van der Waals surface area contributed by atoms with Gasteiger partial charge in [-0.05, 0) is 30.5 Å². The standard InChI is InChI=1S/C20H31N5O2/c1-4-5-12-21-20(23-15-19(27)24(2)3)22-14-16-8-10-17(11-9-16)25-13-6-7-18(25)26/h8-11H,4-7,12-15H2,1-3H3,(H2,21,22,23). The molecule has 0 atom stereocenters. The number of hydrogen-bond acceptors (Lipinski definition) is 3. The van der Waals surface area contributed by atoms with E-state index in [0.29, 0.717) is 18.9 Å². The van der Waals surface area contributed by atoms with Crippen LogP contribution in [0.15, 0.2) is 29.3 Å². The van der Waals surface area contributed by atoms with Gasteiger partial charge in [0.15, 0.2) is 5.96 Å². The second kappa shape index (κ2) is 10.5. The monoisotopic (exact) mass is 373 g/mol. The predicted octanol–water partition coefficient (Wildman–Crippen LogP) is 1.74. The maximum absolute atomic E-state index is 11.8. The normalized spacial score (nSPS) is 14.4. The number of guanidine groups is 1. The highest BCUT2D eigenvalue weighted by atomic mass is 16.2. The first-order chi connectivity index (χ1) is 13.0. The summed E-state index contributed by atoms with van der Waals surface area (Å²) < 4.78 is 0. The molecule has 7 heteroatoms. The number of rotatable bonds is 8. The first-order valence-electron chi connectivity index (χ1n) is 9.63. The van der Waals surface area contributed by atoms with E-state index in [0.717, 1.165) is 43.6 Å². The number of carbonyl (C=O) groups excluding carboxylic acids is 2. The van der Waals surface area contributed by atoms with Crippen LogP contribution in [-0.2, 0) is 16.1 Å². The van der Waals surface area contributed by atoms with Gasteiger partial charge in [0, 0.05) is 39.3 Å². The molecule has 1 aromatic rings. The summed E-state index contributed by atoms with van der Waals surface area (Å²) in [6.07, 6.45) is 3.69. The molecule has 1 fully saturated rings. The highest BCUT2D eigenvalue weighted by Gasteiger charge is 2.21. The summed E-state index contributed by atoms with van der Waals surface area (Å²) in [5, 5.41) is 6.35. The average molecular weight is 374 g/mol. The van der Waals surface area contributed by atoms with Crippen LogP contribution in [0.2, 0.25) is 0 Å². The van der Waals surface area contributed by atoms with Gasteiger partial charge in [-0.3, -0.25) is 9.59 Å². The second-order valence-corrected chi connectivity index (χ2v) is 6.90. The van der Waals surface area contributed by atoms with Crippen LogP contribution < -0.4 is 15.5 Å². The minimum atomic E-state index is -0.000347. The minimum Gasteiger partial charge on any atom is -0.356 e. The van der Waals surface area contributed by atoms with Gasteiger partial charge in [0.2, 0.25) is 11.8 Å². The van der Waals surface area contributed by atoms with E-state index in [1.165, 1.54) is 0 Å². The summed E-state index contributed by atoms with van der Waals surface area (Å²) in [4.78, 5) is 31.6. The molecule has 1 aliphatic heterocycles. The van der Waals surface area contributed by atoms with Gasteiger partial charge < -0.3 is 20.4 Å². The zero-order chi connectivity index (χ0) is 19.6. The molecule has 148 valence electrons. The van der Waals surface area contributed by atoms with E-state index >= 15 is 0 Å². The summed E-state index contributed by atoms with van der Waals surface area (Å²) in [6, 6.07) is 7.95. The van der Waals surface area contributed by atoms with Crippen LogP contribution in [0.3, 0.4) is 0 Å². The molecule has 7 nitrogen and oxygen atoms in total. The Kier molecular flexibility index (Phi) is 8.10. The number of unbranched alkanes of at least 4 members (excludes halogenated alkanes) is 1. The molecular weight excluding hydrogens is 342 g/mol. The zero-order valence-electron chi connectivity index (χ0n) is 16.6. The molecule has 0 radical (unpaired) electrons. The molecule has 2 N–H and O–H groups in total. The third-order valence-corrected chi connectivity index (χ3v) is 4.47. The fourth-order valence-corrected chi connectivity index (χ4v) is 2.75. The largest absolute Gasteiger partial charge is 0.356 e. The predicted molar refractivity (Wildman–Crippen MR) is 109 cm³/mol. The summed E-state index contributed by atoms with van der Waals surface area (Å²) in [7, 11) is 3.47. The number of hydrogen-bond donors (Lipinski definition) is 2. The SMILES string of the molecule is CCCCNC(=NCc1ccc(N2CCCC2=O)cc1)NCC(=O)N(C)C. The smallest absolute Gasteiger partial charge is 0.241 e. The topological polar surface area (TPSA) is 77.0 Å². The quantitative estimate of drug-likeness (QED) is 0.413. The summed E-state index contributed by atoms with van der Waals surface area (Å²) in [6.45, 7) is 4.46. The van der Waals surface area contributed by atoms with Crippen LogP contribution in [0, 0.1) is 0 Å². The Morgan fingerprint density at radius 3 is 2.56 bits per heavy atom. The van der Waals surface area contributed by atoms with Crippen molar-refractivity contribution in [1.29, 1.82) is 0 Å². The molecule has 1 saturated heterocycles. The Morgan fingerprint density at radius 1 is 1.22 bits per heavy atom. The Labute approximate surface area is 161 Å². The van der Waals surface area contributed by atoms with Crippen molar-refractivity contribution in [3.8, 4) is 0 Å². The van der Waals surface area contributed by atoms with Crippen molar-refractivity contribution in [2.45, 2.75) is 39.2 Å². The maximum atomic E-state index is 11.8. The number of aliphatic imine (C=N–C) groups is 1. The fraction of sp³-hybridized carbons (Fsp3) is 0.550. The van der Waals surface area contributed by atoms with Crippen molar-refractivity contribution in [2.75, 3.05) is 38.6 Å². The van der Waals surface area contributed by atoms with Crippen molar-refractivity contribution in [2.24, 2.45) is 4.99 Å². The summed E-state index contributed by atoms with van der Waals surface area (Å²) in [5.41, 5.74) is 2.00. The fourth-order valence-electron chi connectivity index (χ4n) is 2.75. The lowest BCUT2D eigenvalue weighted by Crippen LogP contribution is -2.43. The zero-order valence-corrected chi connectivity index (χ0v) is 16.6. The van der Waals surface area contributed by atoms with Gasteiger partial charge in [-0.25, -0.2) is 4.99 Å². The molecule has 2 rings (SSSR count). The lowest BCUT2D eigenvalue weighted by molar-refractivity contribution is -0.127. The molecule has 0 aromatic heterocycles. The summed E-state index contributed by atoms with van der Waals surface area (Å²) >= 11 is 0. The molecule has 0 saturated carbocycles. The average Bonchev–Trinajstić information content (AvgIpc) is 3.09. The number of amides is 2. The number of likely N-dealkylation sites (N-methyl/N-ethyl adjacent to an activating group) is 1. The van der Waals surface area contributed by atoms with Gasteiger partial charge >= 0.3 is 0 Å². The summed E-state index contributed by atoms with van der Waals surface area (Å²) in [5.74, 6) is 0.829. The van der Waals surface area contributed by atoms with Gasteiger partial charge in [-0.15, -0.1) is 0 Å². The van der Waals surface area contributed by atoms with Crippen LogP contribution in [0.4, 0.5) is 5.69 Å².